The molecule has 3 heterocycles. The molecule has 0 bridgehead atoms. The van der Waals surface area contributed by atoms with Crippen LogP contribution in [0.3, 0.4) is 0 Å². The van der Waals surface area contributed by atoms with Crippen LogP contribution >= 0.6 is 23.2 Å². The van der Waals surface area contributed by atoms with Crippen molar-refractivity contribution in [3.63, 3.8) is 0 Å². The molecule has 0 radical (unpaired) electrons. The summed E-state index contributed by atoms with van der Waals surface area (Å²) < 4.78 is 64.3. The molecule has 4 aromatic rings. The van der Waals surface area contributed by atoms with Crippen LogP contribution in [0.25, 0.3) is 16.9 Å². The summed E-state index contributed by atoms with van der Waals surface area (Å²) >= 11 is 11.9. The number of hydrogen-bond acceptors (Lipinski definition) is 9. The molecule has 0 aliphatic carbocycles. The molecule has 1 aliphatic rings. The van der Waals surface area contributed by atoms with E-state index in [0.29, 0.717) is 0 Å². The first-order chi connectivity index (χ1) is 19.8. The number of aliphatic hydroxyl groups excluding tert-OH is 4. The van der Waals surface area contributed by atoms with Crippen LogP contribution in [0.4, 0.5) is 17.6 Å². The lowest BCUT2D eigenvalue weighted by Crippen LogP contribution is -2.53. The molecule has 1 fully saturated rings. The molecule has 5 atom stereocenters. The van der Waals surface area contributed by atoms with Crippen molar-refractivity contribution >= 4 is 23.2 Å². The maximum Gasteiger partial charge on any atom is 0.418 e. The number of rotatable bonds is 6. The normalized spacial score (nSPS) is 23.0. The SMILES string of the molecule is Cc1nc([C@@H]2O[C@H](CO)[C@H](O)[C@H](n3cc(-c4ccc(Cl)c(CO)c4F)nn3)[C@H]2O)n(-c2cc(Cl)ccc2C(F)(F)F)n1. The summed E-state index contributed by atoms with van der Waals surface area (Å²) in [5.74, 6) is -1.11. The van der Waals surface area contributed by atoms with Gasteiger partial charge in [-0.05, 0) is 37.3 Å². The largest absolute Gasteiger partial charge is 0.418 e. The Morgan fingerprint density at radius 1 is 1.07 bits per heavy atom. The molecule has 17 heteroatoms. The average molecular weight is 633 g/mol. The standard InChI is InChI=1S/C25H22Cl2F4N6O5/c1-10-32-24(37(34-10)17-6-11(26)2-4-14(17)25(29,30)31)23-22(41)20(21(40)18(9-39)42-23)36-7-16(33-35-36)12-3-5-15(27)13(8-38)19(12)28/h2-7,18,20-23,38-41H,8-9H2,1H3/t18-,20+,21+,22-,23-/m1/s1. The predicted molar refractivity (Wildman–Crippen MR) is 138 cm³/mol. The number of aliphatic hydroxyl groups is 4. The Balaban J connectivity index is 1.58. The molecule has 0 amide bonds. The van der Waals surface area contributed by atoms with E-state index >= 15 is 0 Å². The summed E-state index contributed by atoms with van der Waals surface area (Å²) in [6.07, 6.45) is -9.85. The van der Waals surface area contributed by atoms with Crippen LogP contribution in [0.15, 0.2) is 36.5 Å². The van der Waals surface area contributed by atoms with Crippen LogP contribution in [0.5, 0.6) is 0 Å². The number of hydrogen-bond donors (Lipinski definition) is 4. The zero-order valence-corrected chi connectivity index (χ0v) is 22.9. The average Bonchev–Trinajstić information content (AvgIpc) is 3.55. The van der Waals surface area contributed by atoms with Gasteiger partial charge in [-0.3, -0.25) is 0 Å². The van der Waals surface area contributed by atoms with Crippen molar-refractivity contribution < 1.29 is 42.7 Å². The minimum atomic E-state index is -4.81. The van der Waals surface area contributed by atoms with E-state index in [1.807, 2.05) is 0 Å². The third-order valence-corrected chi connectivity index (χ3v) is 7.40. The zero-order chi connectivity index (χ0) is 30.5. The van der Waals surface area contributed by atoms with Gasteiger partial charge >= 0.3 is 6.18 Å². The van der Waals surface area contributed by atoms with E-state index in [9.17, 15) is 38.0 Å². The van der Waals surface area contributed by atoms with E-state index in [2.05, 4.69) is 20.4 Å². The van der Waals surface area contributed by atoms with E-state index in [4.69, 9.17) is 27.9 Å². The second-order valence-electron chi connectivity index (χ2n) is 9.47. The summed E-state index contributed by atoms with van der Waals surface area (Å²) in [6, 6.07) is 4.11. The highest BCUT2D eigenvalue weighted by molar-refractivity contribution is 6.31. The van der Waals surface area contributed by atoms with Crippen LogP contribution in [-0.2, 0) is 17.5 Å². The lowest BCUT2D eigenvalue weighted by Gasteiger charge is -2.41. The van der Waals surface area contributed by atoms with Crippen LogP contribution in [-0.4, -0.2) is 75.1 Å². The molecule has 2 aromatic carbocycles. The molecule has 2 aromatic heterocycles. The lowest BCUT2D eigenvalue weighted by atomic mass is 9.92. The number of halogens is 6. The molecule has 11 nitrogen and oxygen atoms in total. The monoisotopic (exact) mass is 632 g/mol. The number of aromatic nitrogens is 6. The molecule has 4 N–H and O–H groups in total. The van der Waals surface area contributed by atoms with Crippen LogP contribution in [0, 0.1) is 12.7 Å². The van der Waals surface area contributed by atoms with E-state index in [0.717, 1.165) is 27.6 Å². The first-order valence-electron chi connectivity index (χ1n) is 12.3. The highest BCUT2D eigenvalue weighted by atomic mass is 35.5. The maximum atomic E-state index is 15.0. The Morgan fingerprint density at radius 3 is 2.48 bits per heavy atom. The second kappa shape index (κ2) is 11.5. The topological polar surface area (TPSA) is 152 Å². The highest BCUT2D eigenvalue weighted by Gasteiger charge is 2.49. The Morgan fingerprint density at radius 2 is 1.81 bits per heavy atom. The minimum Gasteiger partial charge on any atom is -0.394 e. The number of aryl methyl sites for hydroxylation is 1. The quantitative estimate of drug-likeness (QED) is 0.235. The van der Waals surface area contributed by atoms with Gasteiger partial charge < -0.3 is 25.2 Å². The van der Waals surface area contributed by atoms with Gasteiger partial charge in [0, 0.05) is 21.2 Å². The van der Waals surface area contributed by atoms with Crippen molar-refractivity contribution in [3.8, 4) is 16.9 Å². The third-order valence-electron chi connectivity index (χ3n) is 6.81. The van der Waals surface area contributed by atoms with Crippen molar-refractivity contribution in [2.45, 2.75) is 50.2 Å². The van der Waals surface area contributed by atoms with Gasteiger partial charge in [-0.2, -0.15) is 18.3 Å². The molecule has 5 rings (SSSR count). The van der Waals surface area contributed by atoms with Crippen LogP contribution in [0.1, 0.15) is 34.9 Å². The molecular weight excluding hydrogens is 611 g/mol. The van der Waals surface area contributed by atoms with Gasteiger partial charge in [0.05, 0.1) is 30.7 Å². The first kappa shape index (κ1) is 30.3. The minimum absolute atomic E-state index is 0.0113. The van der Waals surface area contributed by atoms with E-state index < -0.39 is 66.9 Å². The second-order valence-corrected chi connectivity index (χ2v) is 10.3. The smallest absolute Gasteiger partial charge is 0.394 e. The van der Waals surface area contributed by atoms with Crippen molar-refractivity contribution in [2.24, 2.45) is 0 Å². The molecule has 1 saturated heterocycles. The highest BCUT2D eigenvalue weighted by Crippen LogP contribution is 2.41. The van der Waals surface area contributed by atoms with Crippen molar-refractivity contribution in [1.82, 2.24) is 29.8 Å². The van der Waals surface area contributed by atoms with Gasteiger partial charge in [0.15, 0.2) is 5.82 Å². The Hall–Kier alpha value is -3.18. The molecule has 0 saturated carbocycles. The summed E-state index contributed by atoms with van der Waals surface area (Å²) in [5, 5.41) is 53.7. The molecule has 0 unspecified atom stereocenters. The van der Waals surface area contributed by atoms with Crippen molar-refractivity contribution in [2.75, 3.05) is 6.61 Å². The summed E-state index contributed by atoms with van der Waals surface area (Å²) in [7, 11) is 0. The van der Waals surface area contributed by atoms with E-state index in [-0.39, 0.29) is 38.5 Å². The fourth-order valence-electron chi connectivity index (χ4n) is 4.83. The lowest BCUT2D eigenvalue weighted by molar-refractivity contribution is -0.210. The molecule has 224 valence electrons. The third kappa shape index (κ3) is 5.37. The summed E-state index contributed by atoms with van der Waals surface area (Å²) in [5.41, 5.74) is -1.90. The number of nitrogens with zero attached hydrogens (tertiary/aromatic N) is 6. The van der Waals surface area contributed by atoms with Gasteiger partial charge in [0.1, 0.15) is 47.8 Å². The number of ether oxygens (including phenoxy) is 1. The molecule has 1 aliphatic heterocycles. The van der Waals surface area contributed by atoms with Crippen molar-refractivity contribution in [3.05, 3.63) is 75.2 Å². The van der Waals surface area contributed by atoms with Gasteiger partial charge in [-0.1, -0.05) is 28.4 Å². The number of alkyl halides is 3. The van der Waals surface area contributed by atoms with E-state index in [1.165, 1.54) is 25.3 Å². The van der Waals surface area contributed by atoms with Gasteiger partial charge in [0.25, 0.3) is 0 Å². The molecular formula is C25H22Cl2F4N6O5. The Labute approximate surface area is 244 Å². The van der Waals surface area contributed by atoms with E-state index in [1.54, 1.807) is 0 Å². The molecule has 0 spiro atoms. The Kier molecular flexibility index (Phi) is 8.28. The zero-order valence-electron chi connectivity index (χ0n) is 21.4. The van der Waals surface area contributed by atoms with Gasteiger partial charge in [-0.25, -0.2) is 18.7 Å². The summed E-state index contributed by atoms with van der Waals surface area (Å²) in [6.45, 7) is -0.0350. The Bertz CT molecular complexity index is 1620. The number of benzene rings is 2. The fraction of sp³-hybridized carbons (Fsp3) is 0.360. The first-order valence-corrected chi connectivity index (χ1v) is 13.0. The van der Waals surface area contributed by atoms with Crippen LogP contribution in [0.2, 0.25) is 10.0 Å². The van der Waals surface area contributed by atoms with Gasteiger partial charge in [-0.15, -0.1) is 5.10 Å². The van der Waals surface area contributed by atoms with Crippen molar-refractivity contribution in [1.29, 1.82) is 0 Å². The fourth-order valence-corrected chi connectivity index (χ4v) is 5.20. The molecule has 42 heavy (non-hydrogen) atoms. The summed E-state index contributed by atoms with van der Waals surface area (Å²) in [4.78, 5) is 4.19. The van der Waals surface area contributed by atoms with Crippen LogP contribution < -0.4 is 0 Å². The maximum absolute atomic E-state index is 15.0. The van der Waals surface area contributed by atoms with Gasteiger partial charge in [0.2, 0.25) is 0 Å². The predicted octanol–water partition coefficient (Wildman–Crippen LogP) is 3.19.